The maximum atomic E-state index is 12.6. The summed E-state index contributed by atoms with van der Waals surface area (Å²) in [5.41, 5.74) is 0.665. The van der Waals surface area contributed by atoms with Crippen molar-refractivity contribution >= 4 is 16.7 Å². The summed E-state index contributed by atoms with van der Waals surface area (Å²) >= 11 is 0. The van der Waals surface area contributed by atoms with Crippen molar-refractivity contribution in [1.29, 1.82) is 0 Å². The highest BCUT2D eigenvalue weighted by atomic mass is 16.6. The van der Waals surface area contributed by atoms with Crippen molar-refractivity contribution in [3.8, 4) is 0 Å². The van der Waals surface area contributed by atoms with Crippen molar-refractivity contribution < 1.29 is 9.53 Å². The summed E-state index contributed by atoms with van der Waals surface area (Å²) in [6, 6.07) is 14.0. The molecule has 3 nitrogen and oxygen atoms in total. The van der Waals surface area contributed by atoms with E-state index in [2.05, 4.69) is 11.0 Å². The van der Waals surface area contributed by atoms with Crippen LogP contribution >= 0.6 is 0 Å². The molecule has 3 saturated heterocycles. The van der Waals surface area contributed by atoms with Crippen LogP contribution in [0, 0.1) is 17.8 Å². The van der Waals surface area contributed by atoms with Crippen LogP contribution in [0.25, 0.3) is 10.8 Å². The minimum Gasteiger partial charge on any atom is -0.442 e. The average molecular weight is 307 g/mol. The minimum absolute atomic E-state index is 0.00164. The predicted octanol–water partition coefficient (Wildman–Crippen LogP) is 3.68. The van der Waals surface area contributed by atoms with Crippen LogP contribution in [-0.2, 0) is 4.74 Å². The van der Waals surface area contributed by atoms with Gasteiger partial charge in [0.15, 0.2) is 6.23 Å². The molecule has 3 heterocycles. The summed E-state index contributed by atoms with van der Waals surface area (Å²) < 4.78 is 5.95. The third kappa shape index (κ3) is 2.26. The van der Waals surface area contributed by atoms with E-state index in [1.807, 2.05) is 36.4 Å². The molecule has 0 amide bonds. The maximum absolute atomic E-state index is 12.6. The van der Waals surface area contributed by atoms with Gasteiger partial charge < -0.3 is 4.74 Å². The van der Waals surface area contributed by atoms with Gasteiger partial charge in [-0.2, -0.15) is 0 Å². The number of carbonyl (C=O) groups excluding carboxylic acids is 1. The Morgan fingerprint density at radius 3 is 2.43 bits per heavy atom. The number of benzene rings is 2. The van der Waals surface area contributed by atoms with Crippen LogP contribution in [0.1, 0.15) is 29.6 Å². The molecule has 2 aromatic carbocycles. The lowest BCUT2D eigenvalue weighted by Gasteiger charge is -2.55. The second-order valence-electron chi connectivity index (χ2n) is 7.51. The van der Waals surface area contributed by atoms with Gasteiger partial charge >= 0.3 is 5.97 Å². The molecule has 0 N–H and O–H groups in total. The van der Waals surface area contributed by atoms with Crippen LogP contribution in [0.3, 0.4) is 0 Å². The van der Waals surface area contributed by atoms with Crippen LogP contribution in [0.4, 0.5) is 0 Å². The number of hydrogen-bond donors (Lipinski definition) is 0. The number of fused-ring (bicyclic) bond motifs is 1. The fourth-order valence-electron chi connectivity index (χ4n) is 5.06. The Hall–Kier alpha value is -1.87. The Bertz CT molecular complexity index is 741. The molecule has 0 aromatic heterocycles. The molecule has 3 atom stereocenters. The van der Waals surface area contributed by atoms with Crippen LogP contribution < -0.4 is 0 Å². The Morgan fingerprint density at radius 1 is 0.957 bits per heavy atom. The lowest BCUT2D eigenvalue weighted by molar-refractivity contribution is -0.159. The van der Waals surface area contributed by atoms with Crippen LogP contribution in [0.2, 0.25) is 0 Å². The molecule has 4 bridgehead atoms. The van der Waals surface area contributed by atoms with Gasteiger partial charge in [0.2, 0.25) is 0 Å². The summed E-state index contributed by atoms with van der Waals surface area (Å²) in [6.07, 6.45) is 3.87. The average Bonchev–Trinajstić information content (AvgIpc) is 2.57. The van der Waals surface area contributed by atoms with E-state index < -0.39 is 0 Å². The van der Waals surface area contributed by atoms with E-state index in [-0.39, 0.29) is 12.2 Å². The molecule has 3 heteroatoms. The molecule has 1 aliphatic carbocycles. The Kier molecular flexibility index (Phi) is 2.99. The second kappa shape index (κ2) is 5.07. The smallest absolute Gasteiger partial charge is 0.339 e. The second-order valence-corrected chi connectivity index (χ2v) is 7.51. The molecule has 3 aliphatic heterocycles. The van der Waals surface area contributed by atoms with Crippen molar-refractivity contribution in [3.63, 3.8) is 0 Å². The number of esters is 1. The van der Waals surface area contributed by atoms with Crippen LogP contribution in [-0.4, -0.2) is 30.2 Å². The molecule has 2 aromatic rings. The summed E-state index contributed by atoms with van der Waals surface area (Å²) in [6.45, 7) is 2.23. The van der Waals surface area contributed by atoms with E-state index in [4.69, 9.17) is 4.74 Å². The lowest BCUT2D eigenvalue weighted by atomic mass is 9.67. The Morgan fingerprint density at radius 2 is 1.70 bits per heavy atom. The Labute approximate surface area is 136 Å². The zero-order valence-electron chi connectivity index (χ0n) is 13.2. The highest BCUT2D eigenvalue weighted by Gasteiger charge is 2.48. The molecular weight excluding hydrogens is 286 g/mol. The summed E-state index contributed by atoms with van der Waals surface area (Å²) in [5.74, 6) is 2.05. The van der Waals surface area contributed by atoms with E-state index in [9.17, 15) is 4.79 Å². The molecule has 23 heavy (non-hydrogen) atoms. The van der Waals surface area contributed by atoms with Gasteiger partial charge in [-0.3, -0.25) is 4.90 Å². The lowest BCUT2D eigenvalue weighted by Crippen LogP contribution is -2.60. The minimum atomic E-state index is -0.173. The third-order valence-electron chi connectivity index (χ3n) is 5.90. The molecule has 118 valence electrons. The van der Waals surface area contributed by atoms with Gasteiger partial charge in [0.1, 0.15) is 0 Å². The van der Waals surface area contributed by atoms with Crippen molar-refractivity contribution in [2.75, 3.05) is 13.1 Å². The molecule has 0 spiro atoms. The van der Waals surface area contributed by atoms with Gasteiger partial charge in [-0.25, -0.2) is 4.79 Å². The number of piperidine rings is 3. The van der Waals surface area contributed by atoms with Crippen LogP contribution in [0.5, 0.6) is 0 Å². The largest absolute Gasteiger partial charge is 0.442 e. The normalized spacial score (nSPS) is 34.7. The fraction of sp³-hybridized carbons (Fsp3) is 0.450. The molecule has 0 unspecified atom stereocenters. The number of rotatable bonds is 2. The third-order valence-corrected chi connectivity index (χ3v) is 5.90. The van der Waals surface area contributed by atoms with Crippen molar-refractivity contribution in [2.45, 2.75) is 25.5 Å². The summed E-state index contributed by atoms with van der Waals surface area (Å²) in [4.78, 5) is 15.0. The molecule has 0 radical (unpaired) electrons. The zero-order chi connectivity index (χ0) is 15.4. The SMILES string of the molecule is O=C(O[C@H]1C2C[C@@H]3C[C@@H](C2)CN1C3)c1ccc2ccccc2c1. The zero-order valence-corrected chi connectivity index (χ0v) is 13.2. The fourth-order valence-corrected chi connectivity index (χ4v) is 5.06. The first-order valence-electron chi connectivity index (χ1n) is 8.70. The maximum Gasteiger partial charge on any atom is 0.339 e. The van der Waals surface area contributed by atoms with Crippen molar-refractivity contribution in [2.24, 2.45) is 17.8 Å². The quantitative estimate of drug-likeness (QED) is 0.793. The van der Waals surface area contributed by atoms with E-state index in [0.717, 1.165) is 35.7 Å². The predicted molar refractivity (Wildman–Crippen MR) is 89.0 cm³/mol. The Balaban J connectivity index is 1.38. The standard InChI is InChI=1S/C20H21NO2/c22-20(17-6-5-15-3-1-2-4-16(15)10-17)23-19-18-8-13-7-14(9-18)12-21(19)11-13/h1-6,10,13-14,18-19H,7-9,11-12H2/t13-,14-,19-/m0/s1. The first-order valence-corrected chi connectivity index (χ1v) is 8.70. The molecule has 4 fully saturated rings. The number of carbonyl (C=O) groups is 1. The van der Waals surface area contributed by atoms with E-state index in [0.29, 0.717) is 11.5 Å². The van der Waals surface area contributed by atoms with Crippen molar-refractivity contribution in [1.82, 2.24) is 4.90 Å². The molecular formula is C20H21NO2. The van der Waals surface area contributed by atoms with Gasteiger partial charge in [-0.1, -0.05) is 30.3 Å². The first kappa shape index (κ1) is 13.6. The number of ether oxygens (including phenoxy) is 1. The molecule has 1 saturated carbocycles. The highest BCUT2D eigenvalue weighted by Crippen LogP contribution is 2.46. The van der Waals surface area contributed by atoms with Crippen LogP contribution in [0.15, 0.2) is 42.5 Å². The number of nitrogens with zero attached hydrogens (tertiary/aromatic N) is 1. The first-order chi connectivity index (χ1) is 11.3. The topological polar surface area (TPSA) is 29.5 Å². The summed E-state index contributed by atoms with van der Waals surface area (Å²) in [7, 11) is 0. The van der Waals surface area contributed by atoms with Gasteiger partial charge in [-0.05, 0) is 54.0 Å². The summed E-state index contributed by atoms with van der Waals surface area (Å²) in [5, 5.41) is 2.25. The van der Waals surface area contributed by atoms with Gasteiger partial charge in [-0.15, -0.1) is 0 Å². The monoisotopic (exact) mass is 307 g/mol. The van der Waals surface area contributed by atoms with E-state index in [1.165, 1.54) is 19.3 Å². The van der Waals surface area contributed by atoms with Gasteiger partial charge in [0.25, 0.3) is 0 Å². The number of hydrogen-bond acceptors (Lipinski definition) is 3. The van der Waals surface area contributed by atoms with E-state index >= 15 is 0 Å². The van der Waals surface area contributed by atoms with Gasteiger partial charge in [0, 0.05) is 19.0 Å². The van der Waals surface area contributed by atoms with Crippen molar-refractivity contribution in [3.05, 3.63) is 48.0 Å². The van der Waals surface area contributed by atoms with E-state index in [1.54, 1.807) is 0 Å². The highest BCUT2D eigenvalue weighted by molar-refractivity contribution is 5.95. The molecule has 4 aliphatic rings. The van der Waals surface area contributed by atoms with Gasteiger partial charge in [0.05, 0.1) is 5.56 Å². The molecule has 6 rings (SSSR count).